The Hall–Kier alpha value is -4.90. The second kappa shape index (κ2) is 10.1. The topological polar surface area (TPSA) is 150 Å². The maximum absolute atomic E-state index is 12.6. The van der Waals surface area contributed by atoms with Gasteiger partial charge >= 0.3 is 11.7 Å². The van der Waals surface area contributed by atoms with Crippen molar-refractivity contribution < 1.29 is 14.6 Å². The first-order valence-electron chi connectivity index (χ1n) is 11.9. The van der Waals surface area contributed by atoms with Gasteiger partial charge in [-0.1, -0.05) is 23.7 Å². The molecular formula is C27H24ClN7O4. The summed E-state index contributed by atoms with van der Waals surface area (Å²) >= 11 is 6.15. The Morgan fingerprint density at radius 3 is 2.67 bits per heavy atom. The third-order valence-electron chi connectivity index (χ3n) is 5.34. The number of aromatic amines is 2. The lowest BCUT2D eigenvalue weighted by molar-refractivity contribution is 0.00695. The highest BCUT2D eigenvalue weighted by Crippen LogP contribution is 2.20. The number of hydrogen-bond donors (Lipinski definition) is 4. The molecular weight excluding hydrogens is 522 g/mol. The second-order valence-electron chi connectivity index (χ2n) is 9.62. The Balaban J connectivity index is 1.66. The van der Waals surface area contributed by atoms with E-state index in [1.54, 1.807) is 75.4 Å². The van der Waals surface area contributed by atoms with E-state index in [4.69, 9.17) is 21.3 Å². The average Bonchev–Trinajstić information content (AvgIpc) is 3.40. The van der Waals surface area contributed by atoms with Crippen molar-refractivity contribution in [2.45, 2.75) is 26.4 Å². The van der Waals surface area contributed by atoms with Crippen LogP contribution < -0.4 is 21.7 Å². The maximum atomic E-state index is 12.6. The molecule has 0 bridgehead atoms. The summed E-state index contributed by atoms with van der Waals surface area (Å²) in [6.07, 6.45) is 3.07. The van der Waals surface area contributed by atoms with Crippen LogP contribution in [0.1, 0.15) is 36.8 Å². The SMILES string of the molecule is CC(C)(C)OC(=O)c1cccc(N=c2cc(Nc3cccc(Cl)c3)nc3/c(=C/c4[nH]c(=O)[nH]c4O)cnn23)c1. The van der Waals surface area contributed by atoms with Crippen LogP contribution in [0.4, 0.5) is 17.2 Å². The number of halogens is 1. The molecule has 0 aliphatic carbocycles. The van der Waals surface area contributed by atoms with Crippen LogP contribution in [0.25, 0.3) is 11.7 Å². The molecule has 0 saturated heterocycles. The monoisotopic (exact) mass is 545 g/mol. The molecule has 39 heavy (non-hydrogen) atoms. The Morgan fingerprint density at radius 1 is 1.15 bits per heavy atom. The Labute approximate surface area is 226 Å². The predicted molar refractivity (Wildman–Crippen MR) is 146 cm³/mol. The molecule has 3 aromatic heterocycles. The lowest BCUT2D eigenvalue weighted by Crippen LogP contribution is -2.23. The first-order chi connectivity index (χ1) is 18.5. The lowest BCUT2D eigenvalue weighted by Gasteiger charge is -2.19. The van der Waals surface area contributed by atoms with E-state index in [0.717, 1.165) is 0 Å². The van der Waals surface area contributed by atoms with E-state index in [-0.39, 0.29) is 11.6 Å². The van der Waals surface area contributed by atoms with Crippen molar-refractivity contribution in [1.29, 1.82) is 0 Å². The molecule has 4 N–H and O–H groups in total. The number of imidazole rings is 1. The van der Waals surface area contributed by atoms with Crippen LogP contribution in [0.5, 0.6) is 5.88 Å². The summed E-state index contributed by atoms with van der Waals surface area (Å²) in [5, 5.41) is 18.7. The number of anilines is 2. The number of benzene rings is 2. The average molecular weight is 546 g/mol. The Kier molecular flexibility index (Phi) is 6.67. The van der Waals surface area contributed by atoms with Crippen molar-refractivity contribution in [1.82, 2.24) is 24.6 Å². The van der Waals surface area contributed by atoms with Gasteiger partial charge in [0, 0.05) is 22.0 Å². The molecule has 11 nitrogen and oxygen atoms in total. The van der Waals surface area contributed by atoms with Gasteiger partial charge in [-0.3, -0.25) is 4.98 Å². The number of rotatable bonds is 5. The molecule has 2 aromatic carbocycles. The van der Waals surface area contributed by atoms with E-state index in [0.29, 0.717) is 44.1 Å². The number of aromatic hydroxyl groups is 1. The van der Waals surface area contributed by atoms with Gasteiger partial charge in [0.1, 0.15) is 17.1 Å². The fourth-order valence-corrected chi connectivity index (χ4v) is 3.93. The number of esters is 1. The third-order valence-corrected chi connectivity index (χ3v) is 5.57. The number of hydrogen-bond acceptors (Lipinski definition) is 8. The van der Waals surface area contributed by atoms with E-state index in [2.05, 4.69) is 25.4 Å². The summed E-state index contributed by atoms with van der Waals surface area (Å²) < 4.78 is 7.00. The minimum Gasteiger partial charge on any atom is -0.493 e. The first-order valence-corrected chi connectivity index (χ1v) is 12.2. The van der Waals surface area contributed by atoms with E-state index in [9.17, 15) is 14.7 Å². The minimum absolute atomic E-state index is 0.174. The van der Waals surface area contributed by atoms with Crippen molar-refractivity contribution in [3.63, 3.8) is 0 Å². The summed E-state index contributed by atoms with van der Waals surface area (Å²) in [7, 11) is 0. The van der Waals surface area contributed by atoms with Crippen LogP contribution >= 0.6 is 11.6 Å². The lowest BCUT2D eigenvalue weighted by atomic mass is 10.1. The molecule has 0 aliphatic heterocycles. The number of ether oxygens (including phenoxy) is 1. The van der Waals surface area contributed by atoms with Gasteiger partial charge in [-0.15, -0.1) is 0 Å². The van der Waals surface area contributed by atoms with Crippen molar-refractivity contribution >= 4 is 46.5 Å². The highest BCUT2D eigenvalue weighted by atomic mass is 35.5. The van der Waals surface area contributed by atoms with E-state index in [1.165, 1.54) is 10.7 Å². The molecule has 5 aromatic rings. The molecule has 0 fully saturated rings. The normalized spacial score (nSPS) is 12.7. The van der Waals surface area contributed by atoms with Gasteiger partial charge in [0.2, 0.25) is 5.88 Å². The molecule has 0 unspecified atom stereocenters. The van der Waals surface area contributed by atoms with Crippen LogP contribution in [-0.4, -0.2) is 41.2 Å². The standard InChI is InChI=1S/C27H24ClN7O4/c1-27(2,3)39-25(37)15-6-4-8-18(10-15)31-22-13-21(30-19-9-5-7-17(28)12-19)33-23-16(14-29-35(22)23)11-20-24(36)34-26(38)32-20/h4-14,30,36H,1-3H3,(H2,32,34,38)/b16-11+,31-22?. The van der Waals surface area contributed by atoms with Crippen molar-refractivity contribution in [2.24, 2.45) is 4.99 Å². The summed E-state index contributed by atoms with van der Waals surface area (Å²) in [6.45, 7) is 5.41. The zero-order valence-electron chi connectivity index (χ0n) is 21.2. The number of carbonyl (C=O) groups excluding carboxylic acids is 1. The van der Waals surface area contributed by atoms with Crippen LogP contribution in [0, 0.1) is 0 Å². The Bertz CT molecular complexity index is 1880. The van der Waals surface area contributed by atoms with Crippen LogP contribution in [-0.2, 0) is 4.74 Å². The van der Waals surface area contributed by atoms with Crippen LogP contribution in [0.3, 0.4) is 0 Å². The third kappa shape index (κ3) is 5.99. The number of aromatic nitrogens is 5. The Morgan fingerprint density at radius 2 is 1.95 bits per heavy atom. The molecule has 198 valence electrons. The van der Waals surface area contributed by atoms with Crippen LogP contribution in [0.15, 0.2) is 70.6 Å². The van der Waals surface area contributed by atoms with Gasteiger partial charge in [-0.2, -0.15) is 9.61 Å². The highest BCUT2D eigenvalue weighted by Gasteiger charge is 2.18. The number of fused-ring (bicyclic) bond motifs is 1. The maximum Gasteiger partial charge on any atom is 0.338 e. The fourth-order valence-electron chi connectivity index (χ4n) is 3.74. The van der Waals surface area contributed by atoms with Gasteiger partial charge < -0.3 is 20.1 Å². The summed E-state index contributed by atoms with van der Waals surface area (Å²) in [6, 6.07) is 15.6. The van der Waals surface area contributed by atoms with Gasteiger partial charge in [-0.05, 0) is 63.2 Å². The molecule has 0 spiro atoms. The summed E-state index contributed by atoms with van der Waals surface area (Å²) in [4.78, 5) is 38.4. The van der Waals surface area contributed by atoms with E-state index >= 15 is 0 Å². The van der Waals surface area contributed by atoms with Crippen molar-refractivity contribution in [3.05, 3.63) is 98.3 Å². The molecule has 12 heteroatoms. The molecule has 0 atom stereocenters. The van der Waals surface area contributed by atoms with Gasteiger partial charge in [0.05, 0.1) is 17.4 Å². The number of carbonyl (C=O) groups is 1. The van der Waals surface area contributed by atoms with Crippen molar-refractivity contribution in [3.8, 4) is 5.88 Å². The summed E-state index contributed by atoms with van der Waals surface area (Å²) in [5.41, 5.74) is 1.34. The number of nitrogens with zero attached hydrogens (tertiary/aromatic N) is 4. The smallest absolute Gasteiger partial charge is 0.338 e. The van der Waals surface area contributed by atoms with Gasteiger partial charge in [-0.25, -0.2) is 19.6 Å². The van der Waals surface area contributed by atoms with Crippen molar-refractivity contribution in [2.75, 3.05) is 5.32 Å². The molecule has 0 aliphatic rings. The second-order valence-corrected chi connectivity index (χ2v) is 10.1. The largest absolute Gasteiger partial charge is 0.493 e. The predicted octanol–water partition coefficient (Wildman–Crippen LogP) is 3.58. The zero-order chi connectivity index (χ0) is 27.7. The van der Waals surface area contributed by atoms with Gasteiger partial charge in [0.25, 0.3) is 0 Å². The minimum atomic E-state index is -0.636. The molecule has 5 rings (SSSR count). The van der Waals surface area contributed by atoms with E-state index in [1.807, 2.05) is 6.07 Å². The quantitative estimate of drug-likeness (QED) is 0.246. The fraction of sp³-hybridized carbons (Fsp3) is 0.148. The molecule has 0 amide bonds. The van der Waals surface area contributed by atoms with E-state index < -0.39 is 17.3 Å². The molecule has 0 radical (unpaired) electrons. The summed E-state index contributed by atoms with van der Waals surface area (Å²) in [5.74, 6) is -0.329. The molecule has 3 heterocycles. The molecule has 0 saturated carbocycles. The first kappa shape index (κ1) is 25.7. The number of H-pyrrole nitrogens is 2. The zero-order valence-corrected chi connectivity index (χ0v) is 21.9. The highest BCUT2D eigenvalue weighted by molar-refractivity contribution is 6.30. The van der Waals surface area contributed by atoms with Crippen LogP contribution in [0.2, 0.25) is 5.02 Å². The van der Waals surface area contributed by atoms with Gasteiger partial charge in [0.15, 0.2) is 11.1 Å². The number of nitrogens with one attached hydrogen (secondary N) is 3.